The van der Waals surface area contributed by atoms with E-state index in [-0.39, 0.29) is 11.3 Å². The molecule has 0 atom stereocenters. The van der Waals surface area contributed by atoms with E-state index in [1.54, 1.807) is 12.5 Å². The predicted octanol–water partition coefficient (Wildman–Crippen LogP) is 1.59. The minimum atomic E-state index is -0.217. The van der Waals surface area contributed by atoms with Crippen LogP contribution in [0, 0.1) is 0 Å². The van der Waals surface area contributed by atoms with Crippen molar-refractivity contribution in [1.29, 1.82) is 0 Å². The molecule has 2 N–H and O–H groups in total. The highest BCUT2D eigenvalue weighted by Gasteiger charge is 2.36. The Morgan fingerprint density at radius 1 is 1.33 bits per heavy atom. The normalized spacial score (nSPS) is 20.0. The smallest absolute Gasteiger partial charge is 0.213 e. The quantitative estimate of drug-likeness (QED) is 0.833. The highest BCUT2D eigenvalue weighted by molar-refractivity contribution is 6.05. The first-order chi connectivity index (χ1) is 10.0. The summed E-state index contributed by atoms with van der Waals surface area (Å²) in [4.78, 5) is 24.4. The van der Waals surface area contributed by atoms with Gasteiger partial charge in [-0.1, -0.05) is 0 Å². The molecule has 1 aliphatic heterocycles. The predicted molar refractivity (Wildman–Crippen MR) is 77.8 cm³/mol. The minimum absolute atomic E-state index is 0.217. The summed E-state index contributed by atoms with van der Waals surface area (Å²) in [6.45, 7) is 4.10. The number of H-pyrrole nitrogens is 1. The molecule has 0 unspecified atom stereocenters. The lowest BCUT2D eigenvalue weighted by Crippen LogP contribution is -2.45. The molecule has 4 rings (SSSR count). The van der Waals surface area contributed by atoms with Crippen LogP contribution in [0.1, 0.15) is 38.1 Å². The van der Waals surface area contributed by atoms with Gasteiger partial charge in [0.1, 0.15) is 6.33 Å². The number of carbonyl (C=O) groups excluding carboxylic acids is 1. The van der Waals surface area contributed by atoms with Crippen molar-refractivity contribution in [2.45, 2.75) is 38.6 Å². The molecule has 108 valence electrons. The van der Waals surface area contributed by atoms with Gasteiger partial charge in [0.25, 0.3) is 0 Å². The average molecular weight is 283 g/mol. The van der Waals surface area contributed by atoms with Gasteiger partial charge < -0.3 is 10.3 Å². The SMILES string of the molecule is CC1(C)CC(=O)C2=C(N1)c1[nH]c(-n3ccnc3)nc1CC2. The lowest BCUT2D eigenvalue weighted by Gasteiger charge is -2.36. The fraction of sp³-hybridized carbons (Fsp3) is 0.400. The molecule has 2 aromatic rings. The summed E-state index contributed by atoms with van der Waals surface area (Å²) in [7, 11) is 0. The monoisotopic (exact) mass is 283 g/mol. The molecule has 6 heteroatoms. The molecule has 0 amide bonds. The molecule has 1 aliphatic carbocycles. The number of rotatable bonds is 1. The van der Waals surface area contributed by atoms with Gasteiger partial charge in [-0.2, -0.15) is 0 Å². The zero-order chi connectivity index (χ0) is 14.6. The lowest BCUT2D eigenvalue weighted by atomic mass is 9.83. The van der Waals surface area contributed by atoms with E-state index in [0.717, 1.165) is 41.4 Å². The number of hydrogen-bond acceptors (Lipinski definition) is 4. The number of ketones is 1. The van der Waals surface area contributed by atoms with Gasteiger partial charge in [-0.05, 0) is 26.7 Å². The van der Waals surface area contributed by atoms with Crippen molar-refractivity contribution in [1.82, 2.24) is 24.8 Å². The van der Waals surface area contributed by atoms with E-state index >= 15 is 0 Å². The zero-order valence-electron chi connectivity index (χ0n) is 12.1. The van der Waals surface area contributed by atoms with Gasteiger partial charge in [-0.25, -0.2) is 9.97 Å². The number of nitrogens with one attached hydrogen (secondary N) is 2. The second-order valence-corrected chi connectivity index (χ2v) is 6.31. The van der Waals surface area contributed by atoms with Gasteiger partial charge in [0.15, 0.2) is 5.78 Å². The molecule has 2 aliphatic rings. The molecule has 0 aromatic carbocycles. The number of aryl methyl sites for hydroxylation is 1. The number of Topliss-reactive ketones (excluding diaryl/α,β-unsaturated/α-hetero) is 1. The Kier molecular flexibility index (Phi) is 2.40. The second kappa shape index (κ2) is 4.07. The van der Waals surface area contributed by atoms with E-state index in [1.165, 1.54) is 0 Å². The molecule has 0 spiro atoms. The van der Waals surface area contributed by atoms with Crippen LogP contribution in [0.4, 0.5) is 0 Å². The van der Waals surface area contributed by atoms with Gasteiger partial charge in [-0.3, -0.25) is 9.36 Å². The summed E-state index contributed by atoms with van der Waals surface area (Å²) >= 11 is 0. The molecule has 0 saturated carbocycles. The van der Waals surface area contributed by atoms with Crippen LogP contribution in [-0.2, 0) is 11.2 Å². The van der Waals surface area contributed by atoms with Crippen LogP contribution in [0.2, 0.25) is 0 Å². The second-order valence-electron chi connectivity index (χ2n) is 6.31. The summed E-state index contributed by atoms with van der Waals surface area (Å²) < 4.78 is 1.84. The number of aromatic nitrogens is 4. The Balaban J connectivity index is 1.83. The Hall–Kier alpha value is -2.37. The molecular weight excluding hydrogens is 266 g/mol. The highest BCUT2D eigenvalue weighted by Crippen LogP contribution is 2.35. The van der Waals surface area contributed by atoms with Crippen molar-refractivity contribution >= 4 is 11.5 Å². The van der Waals surface area contributed by atoms with Gasteiger partial charge >= 0.3 is 0 Å². The summed E-state index contributed by atoms with van der Waals surface area (Å²) in [6, 6.07) is 0. The Bertz CT molecular complexity index is 751. The fourth-order valence-corrected chi connectivity index (χ4v) is 3.12. The van der Waals surface area contributed by atoms with Crippen molar-refractivity contribution < 1.29 is 4.79 Å². The Morgan fingerprint density at radius 2 is 2.19 bits per heavy atom. The highest BCUT2D eigenvalue weighted by atomic mass is 16.1. The van der Waals surface area contributed by atoms with Gasteiger partial charge in [0.05, 0.1) is 17.1 Å². The lowest BCUT2D eigenvalue weighted by molar-refractivity contribution is -0.117. The molecule has 0 fully saturated rings. The Labute approximate surface area is 122 Å². The molecule has 0 bridgehead atoms. The van der Waals surface area contributed by atoms with Crippen molar-refractivity contribution in [3.05, 3.63) is 35.7 Å². The summed E-state index contributed by atoms with van der Waals surface area (Å²) in [5.74, 6) is 0.988. The third kappa shape index (κ3) is 1.90. The topological polar surface area (TPSA) is 75.6 Å². The maximum absolute atomic E-state index is 12.3. The molecule has 0 saturated heterocycles. The largest absolute Gasteiger partial charge is 0.378 e. The summed E-state index contributed by atoms with van der Waals surface area (Å²) in [6.07, 6.45) is 7.39. The maximum Gasteiger partial charge on any atom is 0.213 e. The minimum Gasteiger partial charge on any atom is -0.378 e. The van der Waals surface area contributed by atoms with Crippen LogP contribution in [0.15, 0.2) is 24.3 Å². The molecule has 21 heavy (non-hydrogen) atoms. The first-order valence-corrected chi connectivity index (χ1v) is 7.16. The van der Waals surface area contributed by atoms with Gasteiger partial charge in [0, 0.05) is 29.9 Å². The van der Waals surface area contributed by atoms with E-state index in [0.29, 0.717) is 6.42 Å². The van der Waals surface area contributed by atoms with Crippen molar-refractivity contribution in [3.63, 3.8) is 0 Å². The molecule has 6 nitrogen and oxygen atoms in total. The first kappa shape index (κ1) is 12.4. The fourth-order valence-electron chi connectivity index (χ4n) is 3.12. The van der Waals surface area contributed by atoms with Gasteiger partial charge in [0.2, 0.25) is 5.95 Å². The van der Waals surface area contributed by atoms with Gasteiger partial charge in [-0.15, -0.1) is 0 Å². The van der Waals surface area contributed by atoms with Crippen molar-refractivity contribution in [2.75, 3.05) is 0 Å². The van der Waals surface area contributed by atoms with E-state index in [2.05, 4.69) is 34.1 Å². The van der Waals surface area contributed by atoms with E-state index in [1.807, 2.05) is 10.8 Å². The number of aromatic amines is 1. The average Bonchev–Trinajstić information content (AvgIpc) is 3.06. The zero-order valence-corrected chi connectivity index (χ0v) is 12.1. The maximum atomic E-state index is 12.3. The van der Waals surface area contributed by atoms with Crippen LogP contribution in [0.25, 0.3) is 11.6 Å². The molecule has 3 heterocycles. The van der Waals surface area contributed by atoms with E-state index < -0.39 is 0 Å². The number of allylic oxidation sites excluding steroid dienone is 1. The van der Waals surface area contributed by atoms with E-state index in [4.69, 9.17) is 0 Å². The van der Waals surface area contributed by atoms with Crippen LogP contribution in [-0.4, -0.2) is 30.8 Å². The van der Waals surface area contributed by atoms with Crippen molar-refractivity contribution in [3.8, 4) is 5.95 Å². The van der Waals surface area contributed by atoms with Crippen LogP contribution >= 0.6 is 0 Å². The summed E-state index contributed by atoms with van der Waals surface area (Å²) in [5.41, 5.74) is 3.57. The van der Waals surface area contributed by atoms with Crippen LogP contribution in [0.5, 0.6) is 0 Å². The third-order valence-corrected chi connectivity index (χ3v) is 4.08. The number of nitrogens with zero attached hydrogens (tertiary/aromatic N) is 3. The number of fused-ring (bicyclic) bond motifs is 2. The number of imidazole rings is 2. The number of carbonyl (C=O) groups is 1. The Morgan fingerprint density at radius 3 is 2.95 bits per heavy atom. The van der Waals surface area contributed by atoms with Crippen LogP contribution in [0.3, 0.4) is 0 Å². The van der Waals surface area contributed by atoms with Crippen LogP contribution < -0.4 is 5.32 Å². The standard InChI is InChI=1S/C15H17N5O/c1-15(2)7-11(21)9-3-4-10-13(12(9)19-15)18-14(17-10)20-6-5-16-8-20/h5-6,8,19H,3-4,7H2,1-2H3,(H,17,18). The van der Waals surface area contributed by atoms with Crippen molar-refractivity contribution in [2.24, 2.45) is 0 Å². The molecular formula is C15H17N5O. The number of hydrogen-bond donors (Lipinski definition) is 2. The molecule has 0 radical (unpaired) electrons. The third-order valence-electron chi connectivity index (χ3n) is 4.08. The summed E-state index contributed by atoms with van der Waals surface area (Å²) in [5, 5.41) is 3.50. The first-order valence-electron chi connectivity index (χ1n) is 7.16. The van der Waals surface area contributed by atoms with E-state index in [9.17, 15) is 4.79 Å². The molecule has 2 aromatic heterocycles.